The van der Waals surface area contributed by atoms with E-state index in [-0.39, 0.29) is 0 Å². The second-order valence-electron chi connectivity index (χ2n) is 5.97. The van der Waals surface area contributed by atoms with Gasteiger partial charge in [0.1, 0.15) is 0 Å². The summed E-state index contributed by atoms with van der Waals surface area (Å²) in [4.78, 5) is 2.55. The minimum atomic E-state index is 0.540. The fourth-order valence-corrected chi connectivity index (χ4v) is 3.35. The molecular formula is C16H34N2O. The molecule has 0 aromatic carbocycles. The average Bonchev–Trinajstić information content (AvgIpc) is 2.85. The first kappa shape index (κ1) is 16.9. The maximum Gasteiger partial charge on any atom is 0.0615 e. The van der Waals surface area contributed by atoms with Crippen molar-refractivity contribution in [1.82, 2.24) is 10.2 Å². The van der Waals surface area contributed by atoms with Crippen molar-refractivity contribution in [3.8, 4) is 0 Å². The second kappa shape index (κ2) is 9.73. The van der Waals surface area contributed by atoms with E-state index in [4.69, 9.17) is 4.74 Å². The van der Waals surface area contributed by atoms with E-state index in [1.54, 1.807) is 7.11 Å². The Morgan fingerprint density at radius 2 is 2.11 bits per heavy atom. The van der Waals surface area contributed by atoms with Crippen molar-refractivity contribution in [3.05, 3.63) is 0 Å². The Kier molecular flexibility index (Phi) is 8.67. The van der Waals surface area contributed by atoms with Crippen molar-refractivity contribution in [2.45, 2.75) is 65.0 Å². The van der Waals surface area contributed by atoms with Gasteiger partial charge in [0.15, 0.2) is 0 Å². The van der Waals surface area contributed by atoms with Crippen LogP contribution in [0.25, 0.3) is 0 Å². The van der Waals surface area contributed by atoms with Crippen LogP contribution in [0.15, 0.2) is 0 Å². The predicted molar refractivity (Wildman–Crippen MR) is 82.6 cm³/mol. The molecular weight excluding hydrogens is 236 g/mol. The van der Waals surface area contributed by atoms with Gasteiger partial charge in [-0.15, -0.1) is 0 Å². The molecule has 0 bridgehead atoms. The number of nitrogens with zero attached hydrogens (tertiary/aromatic N) is 1. The first-order chi connectivity index (χ1) is 9.22. The SMILES string of the molecule is CCCNC1CCCC1CCN(CC)C(C)COC. The van der Waals surface area contributed by atoms with E-state index in [9.17, 15) is 0 Å². The summed E-state index contributed by atoms with van der Waals surface area (Å²) in [6.07, 6.45) is 6.78. The summed E-state index contributed by atoms with van der Waals surface area (Å²) in [5.41, 5.74) is 0. The van der Waals surface area contributed by atoms with Crippen LogP contribution in [0.2, 0.25) is 0 Å². The van der Waals surface area contributed by atoms with Gasteiger partial charge in [0.25, 0.3) is 0 Å². The van der Waals surface area contributed by atoms with Crippen LogP contribution in [-0.4, -0.2) is 50.3 Å². The molecule has 1 aliphatic rings. The lowest BCUT2D eigenvalue weighted by Gasteiger charge is -2.30. The van der Waals surface area contributed by atoms with Crippen molar-refractivity contribution in [2.75, 3.05) is 33.4 Å². The standard InChI is InChI=1S/C16H34N2O/c1-5-11-17-16-9-7-8-15(16)10-12-18(6-2)14(3)13-19-4/h14-17H,5-13H2,1-4H3. The van der Waals surface area contributed by atoms with E-state index >= 15 is 0 Å². The van der Waals surface area contributed by atoms with Gasteiger partial charge in [-0.3, -0.25) is 4.90 Å². The highest BCUT2D eigenvalue weighted by atomic mass is 16.5. The van der Waals surface area contributed by atoms with Gasteiger partial charge in [-0.2, -0.15) is 0 Å². The average molecular weight is 270 g/mol. The topological polar surface area (TPSA) is 24.5 Å². The Hall–Kier alpha value is -0.120. The van der Waals surface area contributed by atoms with Gasteiger partial charge in [-0.05, 0) is 58.2 Å². The summed E-state index contributed by atoms with van der Waals surface area (Å²) in [6.45, 7) is 11.2. The highest BCUT2D eigenvalue weighted by Gasteiger charge is 2.27. The molecule has 1 N–H and O–H groups in total. The first-order valence-electron chi connectivity index (χ1n) is 8.19. The summed E-state index contributed by atoms with van der Waals surface area (Å²) in [5.74, 6) is 0.885. The molecule has 0 aliphatic heterocycles. The third kappa shape index (κ3) is 5.80. The zero-order valence-electron chi connectivity index (χ0n) is 13.5. The van der Waals surface area contributed by atoms with Crippen LogP contribution in [0, 0.1) is 5.92 Å². The molecule has 19 heavy (non-hydrogen) atoms. The molecule has 1 aliphatic carbocycles. The molecule has 0 saturated heterocycles. The lowest BCUT2D eigenvalue weighted by molar-refractivity contribution is 0.0975. The Morgan fingerprint density at radius 3 is 2.74 bits per heavy atom. The molecule has 0 amide bonds. The summed E-state index contributed by atoms with van der Waals surface area (Å²) < 4.78 is 5.28. The molecule has 3 unspecified atom stereocenters. The number of hydrogen-bond donors (Lipinski definition) is 1. The molecule has 3 atom stereocenters. The van der Waals surface area contributed by atoms with Crippen molar-refractivity contribution in [2.24, 2.45) is 5.92 Å². The van der Waals surface area contributed by atoms with Crippen molar-refractivity contribution < 1.29 is 4.74 Å². The molecule has 114 valence electrons. The fourth-order valence-electron chi connectivity index (χ4n) is 3.35. The summed E-state index contributed by atoms with van der Waals surface area (Å²) in [6, 6.07) is 1.31. The molecule has 0 aromatic rings. The van der Waals surface area contributed by atoms with E-state index in [0.29, 0.717) is 6.04 Å². The van der Waals surface area contributed by atoms with E-state index in [1.807, 2.05) is 0 Å². The Bertz CT molecular complexity index is 223. The second-order valence-corrected chi connectivity index (χ2v) is 5.97. The van der Waals surface area contributed by atoms with Gasteiger partial charge in [-0.1, -0.05) is 20.3 Å². The van der Waals surface area contributed by atoms with Crippen LogP contribution in [-0.2, 0) is 4.74 Å². The summed E-state index contributed by atoms with van der Waals surface area (Å²) in [5, 5.41) is 3.73. The molecule has 0 aromatic heterocycles. The first-order valence-corrected chi connectivity index (χ1v) is 8.19. The molecule has 1 fully saturated rings. The van der Waals surface area contributed by atoms with Gasteiger partial charge >= 0.3 is 0 Å². The van der Waals surface area contributed by atoms with E-state index in [0.717, 1.165) is 25.1 Å². The Morgan fingerprint density at radius 1 is 1.32 bits per heavy atom. The summed E-state index contributed by atoms with van der Waals surface area (Å²) >= 11 is 0. The number of likely N-dealkylation sites (N-methyl/N-ethyl adjacent to an activating group) is 1. The van der Waals surface area contributed by atoms with Crippen molar-refractivity contribution in [1.29, 1.82) is 0 Å². The van der Waals surface area contributed by atoms with Crippen LogP contribution in [0.3, 0.4) is 0 Å². The van der Waals surface area contributed by atoms with Crippen LogP contribution < -0.4 is 5.32 Å². The van der Waals surface area contributed by atoms with Crippen LogP contribution in [0.1, 0.15) is 52.9 Å². The van der Waals surface area contributed by atoms with Gasteiger partial charge in [-0.25, -0.2) is 0 Å². The molecule has 1 rings (SSSR count). The molecule has 0 heterocycles. The number of rotatable bonds is 10. The molecule has 1 saturated carbocycles. The highest BCUT2D eigenvalue weighted by Crippen LogP contribution is 2.28. The smallest absolute Gasteiger partial charge is 0.0615 e. The molecule has 0 radical (unpaired) electrons. The third-order valence-electron chi connectivity index (χ3n) is 4.54. The molecule has 3 nitrogen and oxygen atoms in total. The number of methoxy groups -OCH3 is 1. The quantitative estimate of drug-likeness (QED) is 0.660. The zero-order valence-corrected chi connectivity index (χ0v) is 13.5. The minimum Gasteiger partial charge on any atom is -0.383 e. The van der Waals surface area contributed by atoms with Crippen LogP contribution in [0.4, 0.5) is 0 Å². The number of ether oxygens (including phenoxy) is 1. The largest absolute Gasteiger partial charge is 0.383 e. The van der Waals surface area contributed by atoms with Crippen LogP contribution >= 0.6 is 0 Å². The van der Waals surface area contributed by atoms with Gasteiger partial charge in [0.2, 0.25) is 0 Å². The van der Waals surface area contributed by atoms with E-state index in [1.165, 1.54) is 45.2 Å². The van der Waals surface area contributed by atoms with Gasteiger partial charge in [0.05, 0.1) is 6.61 Å². The van der Waals surface area contributed by atoms with E-state index < -0.39 is 0 Å². The predicted octanol–water partition coefficient (Wildman–Crippen LogP) is 2.90. The maximum absolute atomic E-state index is 5.28. The number of hydrogen-bond acceptors (Lipinski definition) is 3. The third-order valence-corrected chi connectivity index (χ3v) is 4.54. The van der Waals surface area contributed by atoms with Crippen LogP contribution in [0.5, 0.6) is 0 Å². The van der Waals surface area contributed by atoms with Crippen molar-refractivity contribution in [3.63, 3.8) is 0 Å². The van der Waals surface area contributed by atoms with E-state index in [2.05, 4.69) is 31.0 Å². The lowest BCUT2D eigenvalue weighted by Crippen LogP contribution is -2.39. The molecule has 0 spiro atoms. The minimum absolute atomic E-state index is 0.540. The lowest BCUT2D eigenvalue weighted by atomic mass is 9.98. The Labute approximate surface area is 120 Å². The number of nitrogens with one attached hydrogen (secondary N) is 1. The Balaban J connectivity index is 2.32. The maximum atomic E-state index is 5.28. The summed E-state index contributed by atoms with van der Waals surface area (Å²) in [7, 11) is 1.80. The fraction of sp³-hybridized carbons (Fsp3) is 1.00. The van der Waals surface area contributed by atoms with Crippen molar-refractivity contribution >= 4 is 0 Å². The van der Waals surface area contributed by atoms with Gasteiger partial charge in [0, 0.05) is 19.2 Å². The monoisotopic (exact) mass is 270 g/mol. The normalized spacial score (nSPS) is 25.1. The highest BCUT2D eigenvalue weighted by molar-refractivity contribution is 4.84. The molecule has 3 heteroatoms. The zero-order chi connectivity index (χ0) is 14.1. The van der Waals surface area contributed by atoms with Gasteiger partial charge < -0.3 is 10.1 Å².